The van der Waals surface area contributed by atoms with E-state index in [0.29, 0.717) is 29.1 Å². The van der Waals surface area contributed by atoms with Crippen LogP contribution >= 0.6 is 0 Å². The van der Waals surface area contributed by atoms with Gasteiger partial charge in [-0.2, -0.15) is 5.10 Å². The van der Waals surface area contributed by atoms with Crippen LogP contribution in [0.15, 0.2) is 83.6 Å². The van der Waals surface area contributed by atoms with Crippen molar-refractivity contribution >= 4 is 11.8 Å². The Hall–Kier alpha value is -4.13. The number of aryl methyl sites for hydroxylation is 1. The SMILES string of the molecule is Cc1occc1C(=O)NNC(=O)c1cn(Cc2ccccc2)nc1-c1ccccc1. The van der Waals surface area contributed by atoms with Gasteiger partial charge in [0.25, 0.3) is 11.8 Å². The number of aromatic nitrogens is 2. The van der Waals surface area contributed by atoms with Crippen molar-refractivity contribution in [2.45, 2.75) is 13.5 Å². The fourth-order valence-electron chi connectivity index (χ4n) is 3.12. The van der Waals surface area contributed by atoms with Crippen molar-refractivity contribution in [3.8, 4) is 11.3 Å². The van der Waals surface area contributed by atoms with Gasteiger partial charge in [0.2, 0.25) is 0 Å². The molecule has 4 rings (SSSR count). The second-order valence-corrected chi connectivity index (χ2v) is 6.74. The van der Waals surface area contributed by atoms with E-state index in [1.807, 2.05) is 60.7 Å². The molecule has 2 N–H and O–H groups in total. The van der Waals surface area contributed by atoms with Crippen molar-refractivity contribution in [1.82, 2.24) is 20.6 Å². The molecule has 0 fully saturated rings. The van der Waals surface area contributed by atoms with E-state index >= 15 is 0 Å². The number of benzene rings is 2. The van der Waals surface area contributed by atoms with E-state index in [1.54, 1.807) is 23.9 Å². The Morgan fingerprint density at radius 1 is 0.900 bits per heavy atom. The molecule has 0 saturated carbocycles. The zero-order valence-corrected chi connectivity index (χ0v) is 16.3. The number of amides is 2. The molecule has 0 spiro atoms. The van der Waals surface area contributed by atoms with Crippen molar-refractivity contribution in [2.75, 3.05) is 0 Å². The van der Waals surface area contributed by atoms with E-state index in [4.69, 9.17) is 4.42 Å². The maximum atomic E-state index is 12.9. The Balaban J connectivity index is 1.58. The largest absolute Gasteiger partial charge is 0.469 e. The van der Waals surface area contributed by atoms with Crippen LogP contribution in [0.1, 0.15) is 32.0 Å². The third-order valence-corrected chi connectivity index (χ3v) is 4.63. The molecule has 2 heterocycles. The highest BCUT2D eigenvalue weighted by molar-refractivity contribution is 6.02. The summed E-state index contributed by atoms with van der Waals surface area (Å²) in [5.41, 5.74) is 8.03. The van der Waals surface area contributed by atoms with Crippen LogP contribution in [0, 0.1) is 6.92 Å². The number of furan rings is 1. The Labute approximate surface area is 173 Å². The second-order valence-electron chi connectivity index (χ2n) is 6.74. The van der Waals surface area contributed by atoms with Gasteiger partial charge in [-0.15, -0.1) is 0 Å². The fourth-order valence-corrected chi connectivity index (χ4v) is 3.12. The van der Waals surface area contributed by atoms with Crippen molar-refractivity contribution < 1.29 is 14.0 Å². The summed E-state index contributed by atoms with van der Waals surface area (Å²) in [6.45, 7) is 2.20. The van der Waals surface area contributed by atoms with Gasteiger partial charge in [0.1, 0.15) is 11.5 Å². The Kier molecular flexibility index (Phi) is 5.43. The van der Waals surface area contributed by atoms with Gasteiger partial charge in [-0.25, -0.2) is 0 Å². The molecular weight excluding hydrogens is 380 g/mol. The molecule has 7 nitrogen and oxygen atoms in total. The van der Waals surface area contributed by atoms with Crippen LogP contribution in [0.2, 0.25) is 0 Å². The minimum Gasteiger partial charge on any atom is -0.469 e. The van der Waals surface area contributed by atoms with E-state index in [0.717, 1.165) is 11.1 Å². The number of rotatable bonds is 5. The maximum Gasteiger partial charge on any atom is 0.273 e. The average Bonchev–Trinajstić information content (AvgIpc) is 3.39. The number of hydrazine groups is 1. The van der Waals surface area contributed by atoms with Crippen LogP contribution in [0.3, 0.4) is 0 Å². The van der Waals surface area contributed by atoms with Crippen molar-refractivity contribution in [3.05, 3.63) is 102 Å². The number of nitrogens with one attached hydrogen (secondary N) is 2. The highest BCUT2D eigenvalue weighted by Crippen LogP contribution is 2.22. The molecule has 7 heteroatoms. The number of nitrogens with zero attached hydrogens (tertiary/aromatic N) is 2. The van der Waals surface area contributed by atoms with Crippen molar-refractivity contribution in [1.29, 1.82) is 0 Å². The van der Waals surface area contributed by atoms with Crippen LogP contribution in [-0.4, -0.2) is 21.6 Å². The third-order valence-electron chi connectivity index (χ3n) is 4.63. The van der Waals surface area contributed by atoms with Gasteiger partial charge in [-0.1, -0.05) is 60.7 Å². The van der Waals surface area contributed by atoms with Gasteiger partial charge in [0, 0.05) is 11.8 Å². The number of hydrogen-bond acceptors (Lipinski definition) is 4. The summed E-state index contributed by atoms with van der Waals surface area (Å²) in [6.07, 6.45) is 3.10. The zero-order chi connectivity index (χ0) is 20.9. The van der Waals surface area contributed by atoms with E-state index in [2.05, 4.69) is 16.0 Å². The van der Waals surface area contributed by atoms with Gasteiger partial charge in [-0.05, 0) is 18.6 Å². The van der Waals surface area contributed by atoms with Gasteiger partial charge in [0.15, 0.2) is 0 Å². The first-order chi connectivity index (χ1) is 14.6. The first-order valence-electron chi connectivity index (χ1n) is 9.43. The molecule has 2 aromatic heterocycles. The zero-order valence-electron chi connectivity index (χ0n) is 16.3. The van der Waals surface area contributed by atoms with E-state index < -0.39 is 11.8 Å². The Morgan fingerprint density at radius 3 is 2.17 bits per heavy atom. The predicted molar refractivity (Wildman–Crippen MR) is 112 cm³/mol. The fraction of sp³-hybridized carbons (Fsp3) is 0.0870. The Morgan fingerprint density at radius 2 is 1.53 bits per heavy atom. The Bertz CT molecular complexity index is 1160. The molecule has 2 amide bonds. The van der Waals surface area contributed by atoms with Gasteiger partial charge < -0.3 is 4.42 Å². The molecule has 2 aromatic carbocycles. The highest BCUT2D eigenvalue weighted by Gasteiger charge is 2.19. The number of carbonyl (C=O) groups excluding carboxylic acids is 2. The predicted octanol–water partition coefficient (Wildman–Crippen LogP) is 3.57. The van der Waals surface area contributed by atoms with Crippen LogP contribution in [0.25, 0.3) is 11.3 Å². The summed E-state index contributed by atoms with van der Waals surface area (Å²) in [7, 11) is 0. The molecule has 0 radical (unpaired) electrons. The summed E-state index contributed by atoms with van der Waals surface area (Å²) < 4.78 is 6.84. The third kappa shape index (κ3) is 4.15. The van der Waals surface area contributed by atoms with Crippen LogP contribution in [-0.2, 0) is 6.54 Å². The molecule has 150 valence electrons. The summed E-state index contributed by atoms with van der Waals surface area (Å²) in [6, 6.07) is 20.9. The molecule has 0 aliphatic heterocycles. The molecule has 0 atom stereocenters. The second kappa shape index (κ2) is 8.48. The van der Waals surface area contributed by atoms with Crippen molar-refractivity contribution in [3.63, 3.8) is 0 Å². The normalized spacial score (nSPS) is 10.6. The molecular formula is C23H20N4O3. The molecule has 0 aliphatic carbocycles. The topological polar surface area (TPSA) is 89.2 Å². The molecule has 0 unspecified atom stereocenters. The summed E-state index contributed by atoms with van der Waals surface area (Å²) in [5, 5.41) is 4.62. The molecule has 0 saturated heterocycles. The number of hydrogen-bond donors (Lipinski definition) is 2. The minimum atomic E-state index is -0.456. The standard InChI is InChI=1S/C23H20N4O3/c1-16-19(12-13-30-16)22(28)24-25-23(29)20-15-27(14-17-8-4-2-5-9-17)26-21(20)18-10-6-3-7-11-18/h2-13,15H,14H2,1H3,(H,24,28)(H,25,29). The minimum absolute atomic E-state index is 0.360. The molecule has 30 heavy (non-hydrogen) atoms. The first-order valence-corrected chi connectivity index (χ1v) is 9.43. The lowest BCUT2D eigenvalue weighted by molar-refractivity contribution is 0.0846. The summed E-state index contributed by atoms with van der Waals surface area (Å²) in [4.78, 5) is 25.1. The van der Waals surface area contributed by atoms with Gasteiger partial charge >= 0.3 is 0 Å². The quantitative estimate of drug-likeness (QED) is 0.501. The van der Waals surface area contributed by atoms with E-state index in [9.17, 15) is 9.59 Å². The average molecular weight is 400 g/mol. The molecule has 0 aliphatic rings. The first kappa shape index (κ1) is 19.2. The molecule has 0 bridgehead atoms. The smallest absolute Gasteiger partial charge is 0.273 e. The van der Waals surface area contributed by atoms with Crippen LogP contribution in [0.5, 0.6) is 0 Å². The number of carbonyl (C=O) groups is 2. The monoisotopic (exact) mass is 400 g/mol. The molecule has 4 aromatic rings. The lowest BCUT2D eigenvalue weighted by atomic mass is 10.1. The van der Waals surface area contributed by atoms with Crippen LogP contribution in [0.4, 0.5) is 0 Å². The van der Waals surface area contributed by atoms with Gasteiger partial charge in [-0.3, -0.25) is 25.1 Å². The van der Waals surface area contributed by atoms with Crippen molar-refractivity contribution in [2.24, 2.45) is 0 Å². The highest BCUT2D eigenvalue weighted by atomic mass is 16.3. The lowest BCUT2D eigenvalue weighted by Gasteiger charge is -2.07. The van der Waals surface area contributed by atoms with E-state index in [-0.39, 0.29) is 0 Å². The lowest BCUT2D eigenvalue weighted by Crippen LogP contribution is -2.41. The summed E-state index contributed by atoms with van der Waals surface area (Å²) in [5.74, 6) is -0.433. The van der Waals surface area contributed by atoms with Gasteiger partial charge in [0.05, 0.1) is 23.9 Å². The maximum absolute atomic E-state index is 12.9. The summed E-state index contributed by atoms with van der Waals surface area (Å²) >= 11 is 0. The van der Waals surface area contributed by atoms with E-state index in [1.165, 1.54) is 6.26 Å². The van der Waals surface area contributed by atoms with Crippen LogP contribution < -0.4 is 10.9 Å².